The summed E-state index contributed by atoms with van der Waals surface area (Å²) >= 11 is 0. The van der Waals surface area contributed by atoms with Gasteiger partial charge in [-0.05, 0) is 6.92 Å². The van der Waals surface area contributed by atoms with Crippen LogP contribution < -0.4 is 22.1 Å². The van der Waals surface area contributed by atoms with Crippen LogP contribution in [0.15, 0.2) is 4.79 Å². The lowest BCUT2D eigenvalue weighted by Gasteiger charge is -2.16. The summed E-state index contributed by atoms with van der Waals surface area (Å²) in [6.45, 7) is 1.96. The van der Waals surface area contributed by atoms with Crippen LogP contribution in [-0.4, -0.2) is 21.3 Å². The Morgan fingerprint density at radius 3 is 2.64 bits per heavy atom. The largest absolute Gasteiger partial charge is 0.391 e. The van der Waals surface area contributed by atoms with Gasteiger partial charge < -0.3 is 11.5 Å². The molecule has 0 unspecified atom stereocenters. The Hall–Kier alpha value is -1.76. The Bertz CT molecular complexity index is 400. The van der Waals surface area contributed by atoms with E-state index in [2.05, 4.69) is 4.98 Å². The molecule has 0 bridgehead atoms. The number of hydrogen-bond donors (Lipinski definition) is 3. The predicted molar refractivity (Wildman–Crippen MR) is 53.1 cm³/mol. The van der Waals surface area contributed by atoms with E-state index >= 15 is 0 Å². The van der Waals surface area contributed by atoms with Gasteiger partial charge in [0, 0.05) is 13.6 Å². The molecular formula is C7H13N5O2. The zero-order valence-corrected chi connectivity index (χ0v) is 8.06. The molecule has 1 aromatic heterocycles. The molecule has 14 heavy (non-hydrogen) atoms. The minimum absolute atomic E-state index is 0.00620. The summed E-state index contributed by atoms with van der Waals surface area (Å²) in [4.78, 5) is 15.2. The average Bonchev–Trinajstić information content (AvgIpc) is 2.19. The Kier molecular flexibility index (Phi) is 2.61. The quantitative estimate of drug-likeness (QED) is 0.535. The van der Waals surface area contributed by atoms with Crippen LogP contribution in [0, 0.1) is 0 Å². The van der Waals surface area contributed by atoms with Gasteiger partial charge in [0.2, 0.25) is 5.95 Å². The van der Waals surface area contributed by atoms with Crippen LogP contribution in [0.1, 0.15) is 6.92 Å². The van der Waals surface area contributed by atoms with Gasteiger partial charge in [0.1, 0.15) is 5.69 Å². The molecule has 1 rings (SSSR count). The Morgan fingerprint density at radius 2 is 2.14 bits per heavy atom. The van der Waals surface area contributed by atoms with Crippen molar-refractivity contribution in [2.24, 2.45) is 7.05 Å². The van der Waals surface area contributed by atoms with Crippen molar-refractivity contribution < 1.29 is 5.21 Å². The fourth-order valence-electron chi connectivity index (χ4n) is 0.971. The van der Waals surface area contributed by atoms with Crippen molar-refractivity contribution >= 4 is 17.5 Å². The number of nitrogens with two attached hydrogens (primary N) is 2. The Balaban J connectivity index is 3.41. The third-order valence-corrected chi connectivity index (χ3v) is 1.88. The van der Waals surface area contributed by atoms with Crippen LogP contribution in [0.5, 0.6) is 0 Å². The number of aromatic nitrogens is 2. The molecule has 7 nitrogen and oxygen atoms in total. The van der Waals surface area contributed by atoms with Gasteiger partial charge in [-0.15, -0.1) is 0 Å². The van der Waals surface area contributed by atoms with Crippen LogP contribution in [0.2, 0.25) is 0 Å². The predicted octanol–water partition coefficient (Wildman–Crippen LogP) is -0.840. The smallest absolute Gasteiger partial charge is 0.280 e. The van der Waals surface area contributed by atoms with Crippen LogP contribution in [0.3, 0.4) is 0 Å². The van der Waals surface area contributed by atoms with Gasteiger partial charge >= 0.3 is 0 Å². The van der Waals surface area contributed by atoms with E-state index < -0.39 is 5.56 Å². The second kappa shape index (κ2) is 3.54. The Labute approximate surface area is 80.5 Å². The van der Waals surface area contributed by atoms with E-state index in [1.807, 2.05) is 0 Å². The maximum absolute atomic E-state index is 11.4. The van der Waals surface area contributed by atoms with Crippen LogP contribution in [0.4, 0.5) is 17.5 Å². The van der Waals surface area contributed by atoms with E-state index in [1.54, 1.807) is 6.92 Å². The first-order valence-corrected chi connectivity index (χ1v) is 4.07. The second-order valence-electron chi connectivity index (χ2n) is 2.79. The first kappa shape index (κ1) is 10.3. The van der Waals surface area contributed by atoms with Crippen molar-refractivity contribution in [2.45, 2.75) is 6.92 Å². The fourth-order valence-corrected chi connectivity index (χ4v) is 0.971. The first-order valence-electron chi connectivity index (χ1n) is 4.07. The minimum atomic E-state index is -0.472. The van der Waals surface area contributed by atoms with E-state index in [0.29, 0.717) is 0 Å². The highest BCUT2D eigenvalue weighted by atomic mass is 16.5. The lowest BCUT2D eigenvalue weighted by atomic mass is 10.4. The third kappa shape index (κ3) is 1.49. The highest BCUT2D eigenvalue weighted by Gasteiger charge is 2.13. The molecular weight excluding hydrogens is 186 g/mol. The van der Waals surface area contributed by atoms with Crippen molar-refractivity contribution in [3.8, 4) is 0 Å². The molecule has 0 spiro atoms. The van der Waals surface area contributed by atoms with E-state index in [-0.39, 0.29) is 24.0 Å². The average molecular weight is 199 g/mol. The third-order valence-electron chi connectivity index (χ3n) is 1.88. The van der Waals surface area contributed by atoms with Gasteiger partial charge in [0.25, 0.3) is 5.56 Å². The van der Waals surface area contributed by atoms with Crippen LogP contribution >= 0.6 is 0 Å². The van der Waals surface area contributed by atoms with Gasteiger partial charge in [-0.3, -0.25) is 14.6 Å². The normalized spacial score (nSPS) is 10.2. The second-order valence-corrected chi connectivity index (χ2v) is 2.79. The summed E-state index contributed by atoms with van der Waals surface area (Å²) in [6.07, 6.45) is 0. The molecule has 0 saturated carbocycles. The van der Waals surface area contributed by atoms with E-state index in [9.17, 15) is 10.0 Å². The standard InChI is InChI=1S/C7H13N5O2/c1-3-12(14)5-4(8)6(13)11(2)7(9)10-5/h14H,3,8H2,1-2H3,(H2,9,10). The van der Waals surface area contributed by atoms with E-state index in [0.717, 1.165) is 9.63 Å². The summed E-state index contributed by atoms with van der Waals surface area (Å²) < 4.78 is 1.11. The zero-order valence-electron chi connectivity index (χ0n) is 8.06. The first-order chi connectivity index (χ1) is 6.49. The summed E-state index contributed by atoms with van der Waals surface area (Å²) in [5.41, 5.74) is 10.3. The number of nitrogen functional groups attached to an aromatic ring is 2. The minimum Gasteiger partial charge on any atom is -0.391 e. The molecule has 0 atom stereocenters. The number of rotatable bonds is 2. The molecule has 1 heterocycles. The number of hydrogen-bond acceptors (Lipinski definition) is 6. The van der Waals surface area contributed by atoms with Crippen molar-refractivity contribution in [3.63, 3.8) is 0 Å². The molecule has 0 amide bonds. The topological polar surface area (TPSA) is 110 Å². The molecule has 0 aliphatic carbocycles. The molecule has 0 aliphatic heterocycles. The van der Waals surface area contributed by atoms with Gasteiger partial charge in [-0.1, -0.05) is 0 Å². The molecule has 78 valence electrons. The molecule has 5 N–H and O–H groups in total. The number of hydroxylamine groups is 1. The summed E-state index contributed by atoms with van der Waals surface area (Å²) in [5.74, 6) is -0.000185. The highest BCUT2D eigenvalue weighted by Crippen LogP contribution is 2.15. The summed E-state index contributed by atoms with van der Waals surface area (Å²) in [7, 11) is 1.46. The van der Waals surface area contributed by atoms with Gasteiger partial charge in [0.15, 0.2) is 5.82 Å². The van der Waals surface area contributed by atoms with Crippen LogP contribution in [-0.2, 0) is 7.05 Å². The molecule has 0 radical (unpaired) electrons. The maximum Gasteiger partial charge on any atom is 0.280 e. The van der Waals surface area contributed by atoms with Gasteiger partial charge in [-0.25, -0.2) is 5.06 Å². The molecule has 0 fully saturated rings. The van der Waals surface area contributed by atoms with Gasteiger partial charge in [-0.2, -0.15) is 4.98 Å². The Morgan fingerprint density at radius 1 is 1.57 bits per heavy atom. The summed E-state index contributed by atoms with van der Waals surface area (Å²) in [5, 5.41) is 10.1. The van der Waals surface area contributed by atoms with Crippen molar-refractivity contribution in [1.82, 2.24) is 9.55 Å². The monoisotopic (exact) mass is 199 g/mol. The maximum atomic E-state index is 11.4. The lowest BCUT2D eigenvalue weighted by Crippen LogP contribution is -2.29. The molecule has 0 aliphatic rings. The number of anilines is 3. The van der Waals surface area contributed by atoms with Crippen molar-refractivity contribution in [3.05, 3.63) is 10.4 Å². The SMILES string of the molecule is CCN(O)c1nc(N)n(C)c(=O)c1N. The fraction of sp³-hybridized carbons (Fsp3) is 0.429. The molecule has 1 aromatic rings. The lowest BCUT2D eigenvalue weighted by molar-refractivity contribution is 0.257. The zero-order chi connectivity index (χ0) is 10.9. The van der Waals surface area contributed by atoms with Gasteiger partial charge in [0.05, 0.1) is 0 Å². The number of nitrogens with zero attached hydrogens (tertiary/aromatic N) is 3. The molecule has 7 heteroatoms. The molecule has 0 saturated heterocycles. The van der Waals surface area contributed by atoms with Crippen LogP contribution in [0.25, 0.3) is 0 Å². The van der Waals surface area contributed by atoms with Crippen molar-refractivity contribution in [2.75, 3.05) is 23.1 Å². The highest BCUT2D eigenvalue weighted by molar-refractivity contribution is 5.61. The van der Waals surface area contributed by atoms with E-state index in [4.69, 9.17) is 11.5 Å². The molecule has 0 aromatic carbocycles. The van der Waals surface area contributed by atoms with Crippen molar-refractivity contribution in [1.29, 1.82) is 0 Å². The van der Waals surface area contributed by atoms with E-state index in [1.165, 1.54) is 7.05 Å². The summed E-state index contributed by atoms with van der Waals surface area (Å²) in [6, 6.07) is 0.